The first-order chi connectivity index (χ1) is 13.6. The molecule has 1 aromatic heterocycles. The number of rotatable bonds is 7. The van der Waals surface area contributed by atoms with Crippen LogP contribution in [0.2, 0.25) is 0 Å². The van der Waals surface area contributed by atoms with Gasteiger partial charge in [0.05, 0.1) is 7.11 Å². The minimum Gasteiger partial charge on any atom is -0.497 e. The van der Waals surface area contributed by atoms with Crippen molar-refractivity contribution in [1.29, 1.82) is 0 Å². The van der Waals surface area contributed by atoms with E-state index in [0.717, 1.165) is 11.3 Å². The van der Waals surface area contributed by atoms with Crippen LogP contribution in [0.3, 0.4) is 0 Å². The molecule has 2 aromatic carbocycles. The molecule has 0 aliphatic rings. The maximum absolute atomic E-state index is 12.3. The quantitative estimate of drug-likeness (QED) is 0.662. The molecule has 3 rings (SSSR count). The zero-order valence-electron chi connectivity index (χ0n) is 15.8. The third-order valence-electron chi connectivity index (χ3n) is 4.25. The highest BCUT2D eigenvalue weighted by molar-refractivity contribution is 6.04. The van der Waals surface area contributed by atoms with Crippen molar-refractivity contribution in [3.8, 4) is 5.75 Å². The summed E-state index contributed by atoms with van der Waals surface area (Å²) in [5, 5.41) is 9.79. The normalized spacial score (nSPS) is 10.4. The second-order valence-electron chi connectivity index (χ2n) is 6.21. The lowest BCUT2D eigenvalue weighted by Crippen LogP contribution is -2.26. The van der Waals surface area contributed by atoms with Gasteiger partial charge >= 0.3 is 0 Å². The molecule has 1 heterocycles. The van der Waals surface area contributed by atoms with E-state index in [2.05, 4.69) is 15.7 Å². The Morgan fingerprint density at radius 1 is 1.04 bits per heavy atom. The van der Waals surface area contributed by atoms with Gasteiger partial charge in [0.15, 0.2) is 5.69 Å². The Hall–Kier alpha value is -3.61. The second kappa shape index (κ2) is 8.85. The average molecular weight is 378 g/mol. The van der Waals surface area contributed by atoms with Crippen molar-refractivity contribution in [1.82, 2.24) is 15.1 Å². The van der Waals surface area contributed by atoms with E-state index in [4.69, 9.17) is 4.74 Å². The number of amides is 2. The van der Waals surface area contributed by atoms with Gasteiger partial charge in [-0.25, -0.2) is 0 Å². The number of methoxy groups -OCH3 is 1. The van der Waals surface area contributed by atoms with E-state index in [1.807, 2.05) is 30.3 Å². The molecular formula is C21H22N4O3. The number of ether oxygens (including phenoxy) is 1. The molecule has 7 nitrogen and oxygen atoms in total. The van der Waals surface area contributed by atoms with Crippen molar-refractivity contribution < 1.29 is 14.3 Å². The van der Waals surface area contributed by atoms with Gasteiger partial charge < -0.3 is 15.4 Å². The highest BCUT2D eigenvalue weighted by atomic mass is 16.5. The minimum atomic E-state index is -0.288. The Morgan fingerprint density at radius 2 is 1.75 bits per heavy atom. The molecule has 0 aliphatic heterocycles. The highest BCUT2D eigenvalue weighted by Gasteiger charge is 2.15. The Kier molecular flexibility index (Phi) is 6.06. The SMILES string of the molecule is COc1ccc(CCNC(=O)c2cc(NC(=O)c3ccccc3)n(C)n2)cc1. The van der Waals surface area contributed by atoms with Crippen LogP contribution in [0.1, 0.15) is 26.4 Å². The van der Waals surface area contributed by atoms with E-state index >= 15 is 0 Å². The fraction of sp³-hybridized carbons (Fsp3) is 0.190. The molecule has 0 saturated heterocycles. The molecule has 0 atom stereocenters. The van der Waals surface area contributed by atoms with Crippen molar-refractivity contribution >= 4 is 17.6 Å². The second-order valence-corrected chi connectivity index (χ2v) is 6.21. The first-order valence-electron chi connectivity index (χ1n) is 8.88. The zero-order chi connectivity index (χ0) is 19.9. The first kappa shape index (κ1) is 19.2. The molecular weight excluding hydrogens is 356 g/mol. The number of anilines is 1. The third kappa shape index (κ3) is 4.76. The van der Waals surface area contributed by atoms with Crippen LogP contribution >= 0.6 is 0 Å². The van der Waals surface area contributed by atoms with Crippen molar-refractivity contribution in [2.24, 2.45) is 7.05 Å². The molecule has 0 unspecified atom stereocenters. The summed E-state index contributed by atoms with van der Waals surface area (Å²) in [6.45, 7) is 0.480. The lowest BCUT2D eigenvalue weighted by molar-refractivity contribution is 0.0947. The van der Waals surface area contributed by atoms with Gasteiger partial charge in [-0.2, -0.15) is 5.10 Å². The molecule has 0 fully saturated rings. The van der Waals surface area contributed by atoms with Crippen LogP contribution in [0.15, 0.2) is 60.7 Å². The van der Waals surface area contributed by atoms with E-state index in [0.29, 0.717) is 24.3 Å². The molecule has 28 heavy (non-hydrogen) atoms. The number of aryl methyl sites for hydroxylation is 1. The third-order valence-corrected chi connectivity index (χ3v) is 4.25. The van der Waals surface area contributed by atoms with Crippen molar-refractivity contribution in [3.63, 3.8) is 0 Å². The van der Waals surface area contributed by atoms with Gasteiger partial charge in [-0.1, -0.05) is 30.3 Å². The summed E-state index contributed by atoms with van der Waals surface area (Å²) in [6.07, 6.45) is 0.695. The number of aromatic nitrogens is 2. The topological polar surface area (TPSA) is 85.3 Å². The number of hydrogen-bond acceptors (Lipinski definition) is 4. The molecule has 2 N–H and O–H groups in total. The van der Waals surface area contributed by atoms with Crippen LogP contribution in [-0.2, 0) is 13.5 Å². The van der Waals surface area contributed by atoms with E-state index in [9.17, 15) is 9.59 Å². The Bertz CT molecular complexity index is 950. The van der Waals surface area contributed by atoms with Crippen LogP contribution in [-0.4, -0.2) is 35.2 Å². The van der Waals surface area contributed by atoms with E-state index in [-0.39, 0.29) is 17.5 Å². The standard InChI is InChI=1S/C21H22N4O3/c1-25-19(23-20(26)16-6-4-3-5-7-16)14-18(24-25)21(27)22-13-12-15-8-10-17(28-2)11-9-15/h3-11,14H,12-13H2,1-2H3,(H,22,27)(H,23,26). The summed E-state index contributed by atoms with van der Waals surface area (Å²) in [4.78, 5) is 24.6. The number of nitrogens with zero attached hydrogens (tertiary/aromatic N) is 2. The first-order valence-corrected chi connectivity index (χ1v) is 8.88. The van der Waals surface area contributed by atoms with E-state index in [1.54, 1.807) is 44.5 Å². The number of carbonyl (C=O) groups excluding carboxylic acids is 2. The van der Waals surface area contributed by atoms with Crippen LogP contribution in [0.25, 0.3) is 0 Å². The summed E-state index contributed by atoms with van der Waals surface area (Å²) in [5.41, 5.74) is 1.88. The predicted octanol–water partition coefficient (Wildman–Crippen LogP) is 2.65. The van der Waals surface area contributed by atoms with E-state index in [1.165, 1.54) is 4.68 Å². The maximum Gasteiger partial charge on any atom is 0.271 e. The van der Waals surface area contributed by atoms with Gasteiger partial charge in [-0.15, -0.1) is 0 Å². The van der Waals surface area contributed by atoms with Gasteiger partial charge in [-0.05, 0) is 36.2 Å². The van der Waals surface area contributed by atoms with Gasteiger partial charge in [0, 0.05) is 25.2 Å². The Morgan fingerprint density at radius 3 is 2.43 bits per heavy atom. The van der Waals surface area contributed by atoms with Crippen molar-refractivity contribution in [2.75, 3.05) is 19.0 Å². The molecule has 0 aliphatic carbocycles. The maximum atomic E-state index is 12.3. The lowest BCUT2D eigenvalue weighted by Gasteiger charge is -2.05. The Balaban J connectivity index is 1.55. The number of carbonyl (C=O) groups is 2. The van der Waals surface area contributed by atoms with Crippen LogP contribution in [0, 0.1) is 0 Å². The zero-order valence-corrected chi connectivity index (χ0v) is 15.8. The summed E-state index contributed by atoms with van der Waals surface area (Å²) in [5.74, 6) is 0.708. The molecule has 0 saturated carbocycles. The van der Waals surface area contributed by atoms with Crippen molar-refractivity contribution in [3.05, 3.63) is 77.5 Å². The fourth-order valence-corrected chi connectivity index (χ4v) is 2.68. The van der Waals surface area contributed by atoms with Crippen LogP contribution in [0.5, 0.6) is 5.75 Å². The molecule has 7 heteroatoms. The van der Waals surface area contributed by atoms with E-state index < -0.39 is 0 Å². The average Bonchev–Trinajstić information content (AvgIpc) is 3.09. The molecule has 0 bridgehead atoms. The number of benzene rings is 2. The summed E-state index contributed by atoms with van der Waals surface area (Å²) < 4.78 is 6.60. The summed E-state index contributed by atoms with van der Waals surface area (Å²) in [6, 6.07) is 18.1. The smallest absolute Gasteiger partial charge is 0.271 e. The lowest BCUT2D eigenvalue weighted by atomic mass is 10.1. The van der Waals surface area contributed by atoms with Gasteiger partial charge in [-0.3, -0.25) is 14.3 Å². The molecule has 144 valence electrons. The summed E-state index contributed by atoms with van der Waals surface area (Å²) >= 11 is 0. The Labute approximate surface area is 163 Å². The summed E-state index contributed by atoms with van der Waals surface area (Å²) in [7, 11) is 3.30. The van der Waals surface area contributed by atoms with Gasteiger partial charge in [0.25, 0.3) is 11.8 Å². The predicted molar refractivity (Wildman–Crippen MR) is 107 cm³/mol. The van der Waals surface area contributed by atoms with Gasteiger partial charge in [0.2, 0.25) is 0 Å². The number of nitrogens with one attached hydrogen (secondary N) is 2. The van der Waals surface area contributed by atoms with Gasteiger partial charge in [0.1, 0.15) is 11.6 Å². The monoisotopic (exact) mass is 378 g/mol. The molecule has 2 amide bonds. The van der Waals surface area contributed by atoms with Crippen LogP contribution in [0.4, 0.5) is 5.82 Å². The molecule has 3 aromatic rings. The molecule has 0 spiro atoms. The van der Waals surface area contributed by atoms with Crippen molar-refractivity contribution in [2.45, 2.75) is 6.42 Å². The molecule has 0 radical (unpaired) electrons. The van der Waals surface area contributed by atoms with Crippen LogP contribution < -0.4 is 15.4 Å². The highest BCUT2D eigenvalue weighted by Crippen LogP contribution is 2.13. The number of hydrogen-bond donors (Lipinski definition) is 2. The minimum absolute atomic E-state index is 0.251. The largest absolute Gasteiger partial charge is 0.497 e. The fourth-order valence-electron chi connectivity index (χ4n) is 2.68.